The first-order valence-electron chi connectivity index (χ1n) is 8.79. The minimum absolute atomic E-state index is 0.110. The van der Waals surface area contributed by atoms with Crippen LogP contribution in [0.15, 0.2) is 53.4 Å². The van der Waals surface area contributed by atoms with E-state index in [1.54, 1.807) is 43.3 Å². The molecule has 28 heavy (non-hydrogen) atoms. The quantitative estimate of drug-likeness (QED) is 0.691. The first-order chi connectivity index (χ1) is 13.3. The van der Waals surface area contributed by atoms with Gasteiger partial charge >= 0.3 is 0 Å². The Balaban J connectivity index is 2.40. The number of ether oxygens (including phenoxy) is 2. The zero-order valence-electron chi connectivity index (χ0n) is 16.5. The number of methoxy groups -OCH3 is 2. The predicted molar refractivity (Wildman–Crippen MR) is 108 cm³/mol. The van der Waals surface area contributed by atoms with Gasteiger partial charge in [0.2, 0.25) is 5.91 Å². The Hall–Kier alpha value is -2.58. The van der Waals surface area contributed by atoms with Gasteiger partial charge in [-0.25, -0.2) is 8.42 Å². The minimum atomic E-state index is -3.95. The lowest BCUT2D eigenvalue weighted by Gasteiger charge is -2.25. The van der Waals surface area contributed by atoms with Crippen molar-refractivity contribution >= 4 is 21.6 Å². The highest BCUT2D eigenvalue weighted by Crippen LogP contribution is 2.27. The smallest absolute Gasteiger partial charge is 0.264 e. The topological polar surface area (TPSA) is 84.9 Å². The molecule has 2 aromatic rings. The van der Waals surface area contributed by atoms with Gasteiger partial charge in [-0.3, -0.25) is 9.10 Å². The highest BCUT2D eigenvalue weighted by atomic mass is 32.2. The van der Waals surface area contributed by atoms with Gasteiger partial charge < -0.3 is 14.8 Å². The van der Waals surface area contributed by atoms with E-state index in [1.807, 2.05) is 6.92 Å². The van der Waals surface area contributed by atoms with Gasteiger partial charge in [0.1, 0.15) is 12.3 Å². The van der Waals surface area contributed by atoms with Gasteiger partial charge in [-0.2, -0.15) is 0 Å². The zero-order chi connectivity index (χ0) is 20.7. The molecular formula is C20H26N2O5S. The van der Waals surface area contributed by atoms with Crippen molar-refractivity contribution in [3.63, 3.8) is 0 Å². The molecule has 0 spiro atoms. The van der Waals surface area contributed by atoms with Crippen molar-refractivity contribution in [3.8, 4) is 5.75 Å². The molecule has 152 valence electrons. The maximum absolute atomic E-state index is 13.3. The molecule has 0 aromatic heterocycles. The molecule has 1 atom stereocenters. The second-order valence-electron chi connectivity index (χ2n) is 6.45. The van der Waals surface area contributed by atoms with E-state index in [0.717, 1.165) is 9.87 Å². The van der Waals surface area contributed by atoms with Crippen molar-refractivity contribution in [3.05, 3.63) is 54.1 Å². The van der Waals surface area contributed by atoms with Crippen LogP contribution in [0.1, 0.15) is 12.5 Å². The van der Waals surface area contributed by atoms with Crippen LogP contribution in [0.4, 0.5) is 5.69 Å². The fourth-order valence-electron chi connectivity index (χ4n) is 2.66. The van der Waals surface area contributed by atoms with Gasteiger partial charge in [0.25, 0.3) is 10.0 Å². The summed E-state index contributed by atoms with van der Waals surface area (Å²) in [6.45, 7) is 3.62. The standard InChI is InChI=1S/C20H26N2O5S/c1-15-8-10-19(11-9-15)28(24,25)22(13-20(23)21-16(2)14-26-3)17-6-5-7-18(12-17)27-4/h5-12,16H,13-14H2,1-4H3,(H,21,23)/t16-/m1/s1. The Kier molecular flexibility index (Phi) is 7.42. The van der Waals surface area contributed by atoms with Gasteiger partial charge in [0, 0.05) is 19.2 Å². The van der Waals surface area contributed by atoms with Crippen molar-refractivity contribution < 1.29 is 22.7 Å². The maximum Gasteiger partial charge on any atom is 0.264 e. The molecule has 0 heterocycles. The molecule has 0 unspecified atom stereocenters. The summed E-state index contributed by atoms with van der Waals surface area (Å²) in [7, 11) is -0.921. The number of carbonyl (C=O) groups excluding carboxylic acids is 1. The molecule has 8 heteroatoms. The maximum atomic E-state index is 13.3. The van der Waals surface area contributed by atoms with E-state index in [1.165, 1.54) is 26.4 Å². The number of nitrogens with zero attached hydrogens (tertiary/aromatic N) is 1. The van der Waals surface area contributed by atoms with Crippen LogP contribution in [0.3, 0.4) is 0 Å². The number of carbonyl (C=O) groups is 1. The largest absolute Gasteiger partial charge is 0.497 e. The molecule has 0 saturated carbocycles. The van der Waals surface area contributed by atoms with Gasteiger partial charge in [0.05, 0.1) is 24.3 Å². The summed E-state index contributed by atoms with van der Waals surface area (Å²) < 4.78 is 37.8. The minimum Gasteiger partial charge on any atom is -0.497 e. The van der Waals surface area contributed by atoms with Crippen LogP contribution < -0.4 is 14.4 Å². The molecule has 2 aromatic carbocycles. The summed E-state index contributed by atoms with van der Waals surface area (Å²) in [4.78, 5) is 12.6. The molecule has 2 rings (SSSR count). The molecule has 1 amide bonds. The summed E-state index contributed by atoms with van der Waals surface area (Å²) in [5.41, 5.74) is 1.28. The number of amides is 1. The van der Waals surface area contributed by atoms with Gasteiger partial charge in [-0.1, -0.05) is 23.8 Å². The van der Waals surface area contributed by atoms with Crippen molar-refractivity contribution in [2.24, 2.45) is 0 Å². The summed E-state index contributed by atoms with van der Waals surface area (Å²) >= 11 is 0. The van der Waals surface area contributed by atoms with Crippen molar-refractivity contribution in [2.45, 2.75) is 24.8 Å². The number of rotatable bonds is 9. The van der Waals surface area contributed by atoms with Gasteiger partial charge in [-0.05, 0) is 38.1 Å². The van der Waals surface area contributed by atoms with E-state index < -0.39 is 15.9 Å². The van der Waals surface area contributed by atoms with E-state index in [2.05, 4.69) is 5.32 Å². The normalized spacial score (nSPS) is 12.3. The lowest BCUT2D eigenvalue weighted by Crippen LogP contribution is -2.44. The number of hydrogen-bond donors (Lipinski definition) is 1. The summed E-state index contributed by atoms with van der Waals surface area (Å²) in [6.07, 6.45) is 0. The van der Waals surface area contributed by atoms with Crippen LogP contribution >= 0.6 is 0 Å². The Morgan fingerprint density at radius 3 is 2.43 bits per heavy atom. The van der Waals surface area contributed by atoms with Crippen LogP contribution in [0, 0.1) is 6.92 Å². The van der Waals surface area contributed by atoms with Crippen molar-refractivity contribution in [1.29, 1.82) is 0 Å². The van der Waals surface area contributed by atoms with E-state index in [-0.39, 0.29) is 17.5 Å². The Morgan fingerprint density at radius 2 is 1.82 bits per heavy atom. The average molecular weight is 407 g/mol. The van der Waals surface area contributed by atoms with Gasteiger partial charge in [-0.15, -0.1) is 0 Å². The third kappa shape index (κ3) is 5.46. The van der Waals surface area contributed by atoms with Crippen molar-refractivity contribution in [2.75, 3.05) is 31.7 Å². The van der Waals surface area contributed by atoms with Crippen LogP contribution in [-0.4, -0.2) is 47.7 Å². The number of hydrogen-bond acceptors (Lipinski definition) is 5. The molecule has 0 fully saturated rings. The second kappa shape index (κ2) is 9.57. The van der Waals surface area contributed by atoms with Crippen LogP contribution in [0.2, 0.25) is 0 Å². The van der Waals surface area contributed by atoms with Crippen LogP contribution in [-0.2, 0) is 19.6 Å². The highest BCUT2D eigenvalue weighted by molar-refractivity contribution is 7.92. The van der Waals surface area contributed by atoms with E-state index in [9.17, 15) is 13.2 Å². The number of aryl methyl sites for hydroxylation is 1. The van der Waals surface area contributed by atoms with E-state index in [4.69, 9.17) is 9.47 Å². The molecule has 0 radical (unpaired) electrons. The number of benzene rings is 2. The lowest BCUT2D eigenvalue weighted by atomic mass is 10.2. The monoisotopic (exact) mass is 406 g/mol. The van der Waals surface area contributed by atoms with Crippen LogP contribution in [0.25, 0.3) is 0 Å². The molecule has 0 saturated heterocycles. The Labute approximate surface area is 166 Å². The predicted octanol–water partition coefficient (Wildman–Crippen LogP) is 2.35. The fourth-order valence-corrected chi connectivity index (χ4v) is 4.07. The van der Waals surface area contributed by atoms with Crippen LogP contribution in [0.5, 0.6) is 5.75 Å². The second-order valence-corrected chi connectivity index (χ2v) is 8.31. The Bertz CT molecular complexity index is 897. The fraction of sp³-hybridized carbons (Fsp3) is 0.350. The zero-order valence-corrected chi connectivity index (χ0v) is 17.3. The average Bonchev–Trinajstić information content (AvgIpc) is 2.66. The first-order valence-corrected chi connectivity index (χ1v) is 10.2. The van der Waals surface area contributed by atoms with Gasteiger partial charge in [0.15, 0.2) is 0 Å². The molecule has 0 aliphatic carbocycles. The number of nitrogens with one attached hydrogen (secondary N) is 1. The number of sulfonamides is 1. The van der Waals surface area contributed by atoms with E-state index >= 15 is 0 Å². The van der Waals surface area contributed by atoms with Crippen molar-refractivity contribution in [1.82, 2.24) is 5.32 Å². The lowest BCUT2D eigenvalue weighted by molar-refractivity contribution is -0.120. The first kappa shape index (κ1) is 21.7. The molecule has 1 N–H and O–H groups in total. The highest BCUT2D eigenvalue weighted by Gasteiger charge is 2.27. The molecule has 0 bridgehead atoms. The summed E-state index contributed by atoms with van der Waals surface area (Å²) in [5, 5.41) is 2.74. The third-order valence-electron chi connectivity index (χ3n) is 4.06. The van der Waals surface area contributed by atoms with E-state index in [0.29, 0.717) is 18.0 Å². The third-order valence-corrected chi connectivity index (χ3v) is 5.85. The SMILES string of the molecule is COC[C@@H](C)NC(=O)CN(c1cccc(OC)c1)S(=O)(=O)c1ccc(C)cc1. The number of anilines is 1. The Morgan fingerprint density at radius 1 is 1.14 bits per heavy atom. The molecular weight excluding hydrogens is 380 g/mol. The molecule has 0 aliphatic heterocycles. The summed E-state index contributed by atoms with van der Waals surface area (Å²) in [5.74, 6) is 0.0674. The molecule has 0 aliphatic rings. The molecule has 7 nitrogen and oxygen atoms in total. The summed E-state index contributed by atoms with van der Waals surface area (Å²) in [6, 6.07) is 12.9.